The maximum atomic E-state index is 11.7. The molecule has 1 aromatic carbocycles. The first-order valence-electron chi connectivity index (χ1n) is 5.09. The number of rotatable bonds is 2. The smallest absolute Gasteiger partial charge is 0.307 e. The first-order chi connectivity index (χ1) is 8.65. The maximum Gasteiger partial charge on any atom is 0.324 e. The summed E-state index contributed by atoms with van der Waals surface area (Å²) in [5.74, 6) is 0.502. The van der Waals surface area contributed by atoms with Gasteiger partial charge in [0.15, 0.2) is 0 Å². The van der Waals surface area contributed by atoms with E-state index in [4.69, 9.17) is 0 Å². The first-order valence-corrected chi connectivity index (χ1v) is 6.96. The Labute approximate surface area is 126 Å². The van der Waals surface area contributed by atoms with E-state index in [9.17, 15) is 4.79 Å². The lowest BCUT2D eigenvalue weighted by atomic mass is 10.3. The summed E-state index contributed by atoms with van der Waals surface area (Å²) in [4.78, 5) is 15.8. The summed E-state index contributed by atoms with van der Waals surface area (Å²) in [6.07, 6.45) is 1.63. The van der Waals surface area contributed by atoms with E-state index < -0.39 is 0 Å². The SMILES string of the molecule is O=C(Nc1ccc(Br)cn1)Nc1ccccc1I. The second-order valence-corrected chi connectivity index (χ2v) is 5.50. The summed E-state index contributed by atoms with van der Waals surface area (Å²) < 4.78 is 1.85. The summed E-state index contributed by atoms with van der Waals surface area (Å²) in [5, 5.41) is 5.42. The predicted octanol–water partition coefficient (Wildman–Crippen LogP) is 4.09. The van der Waals surface area contributed by atoms with Crippen LogP contribution in [0.3, 0.4) is 0 Å². The van der Waals surface area contributed by atoms with E-state index in [1.165, 1.54) is 0 Å². The van der Waals surface area contributed by atoms with Crippen LogP contribution in [0.25, 0.3) is 0 Å². The fourth-order valence-corrected chi connectivity index (χ4v) is 2.04. The Morgan fingerprint density at radius 1 is 1.17 bits per heavy atom. The Kier molecular flexibility index (Phi) is 4.54. The van der Waals surface area contributed by atoms with Gasteiger partial charge in [0.25, 0.3) is 0 Å². The van der Waals surface area contributed by atoms with Gasteiger partial charge in [-0.05, 0) is 62.8 Å². The number of para-hydroxylation sites is 1. The fraction of sp³-hybridized carbons (Fsp3) is 0. The van der Waals surface area contributed by atoms with Crippen LogP contribution < -0.4 is 10.6 Å². The number of benzene rings is 1. The molecule has 0 saturated carbocycles. The standard InChI is InChI=1S/C12H9BrIN3O/c13-8-5-6-11(15-7-8)17-12(18)16-10-4-2-1-3-9(10)14/h1-7H,(H2,15,16,17,18). The third kappa shape index (κ3) is 3.67. The molecule has 0 bridgehead atoms. The predicted molar refractivity (Wildman–Crippen MR) is 83.7 cm³/mol. The second kappa shape index (κ2) is 6.14. The van der Waals surface area contributed by atoms with Gasteiger partial charge in [-0.25, -0.2) is 9.78 Å². The van der Waals surface area contributed by atoms with Crippen molar-refractivity contribution in [2.24, 2.45) is 0 Å². The second-order valence-electron chi connectivity index (χ2n) is 3.42. The minimum Gasteiger partial charge on any atom is -0.307 e. The lowest BCUT2D eigenvalue weighted by Crippen LogP contribution is -2.20. The van der Waals surface area contributed by atoms with Crippen LogP contribution >= 0.6 is 38.5 Å². The molecule has 1 aromatic heterocycles. The zero-order chi connectivity index (χ0) is 13.0. The van der Waals surface area contributed by atoms with E-state index in [2.05, 4.69) is 54.1 Å². The molecule has 0 unspecified atom stereocenters. The van der Waals surface area contributed by atoms with Gasteiger partial charge in [0, 0.05) is 14.2 Å². The van der Waals surface area contributed by atoms with Crippen molar-refractivity contribution < 1.29 is 4.79 Å². The Bertz CT molecular complexity index is 560. The molecule has 0 atom stereocenters. The zero-order valence-corrected chi connectivity index (χ0v) is 12.9. The molecule has 0 radical (unpaired) electrons. The fourth-order valence-electron chi connectivity index (χ4n) is 1.28. The number of urea groups is 1. The molecule has 0 spiro atoms. The van der Waals surface area contributed by atoms with Gasteiger partial charge >= 0.3 is 6.03 Å². The number of anilines is 2. The molecule has 0 aliphatic rings. The summed E-state index contributed by atoms with van der Waals surface area (Å²) >= 11 is 5.45. The molecule has 2 N–H and O–H groups in total. The molecule has 0 saturated heterocycles. The molecule has 18 heavy (non-hydrogen) atoms. The van der Waals surface area contributed by atoms with Gasteiger partial charge in [-0.2, -0.15) is 0 Å². The normalized spacial score (nSPS) is 9.89. The van der Waals surface area contributed by atoms with Crippen LogP contribution in [0.5, 0.6) is 0 Å². The Morgan fingerprint density at radius 2 is 1.94 bits per heavy atom. The number of nitrogens with zero attached hydrogens (tertiary/aromatic N) is 1. The van der Waals surface area contributed by atoms with Crippen molar-refractivity contribution in [1.29, 1.82) is 0 Å². The number of amides is 2. The largest absolute Gasteiger partial charge is 0.324 e. The number of hydrogen-bond donors (Lipinski definition) is 2. The van der Waals surface area contributed by atoms with Crippen molar-refractivity contribution in [2.75, 3.05) is 10.6 Å². The van der Waals surface area contributed by atoms with E-state index in [0.29, 0.717) is 5.82 Å². The number of aromatic nitrogens is 1. The van der Waals surface area contributed by atoms with Gasteiger partial charge < -0.3 is 5.32 Å². The molecular formula is C12H9BrIN3O. The molecule has 2 aromatic rings. The molecule has 2 amide bonds. The molecule has 92 valence electrons. The van der Waals surface area contributed by atoms with E-state index in [0.717, 1.165) is 13.7 Å². The number of hydrogen-bond acceptors (Lipinski definition) is 2. The van der Waals surface area contributed by atoms with Crippen LogP contribution in [0.1, 0.15) is 0 Å². The maximum absolute atomic E-state index is 11.7. The molecule has 1 heterocycles. The van der Waals surface area contributed by atoms with E-state index in [1.807, 2.05) is 30.3 Å². The number of halogens is 2. The number of nitrogens with one attached hydrogen (secondary N) is 2. The zero-order valence-electron chi connectivity index (χ0n) is 9.15. The van der Waals surface area contributed by atoms with Crippen molar-refractivity contribution in [2.45, 2.75) is 0 Å². The number of carbonyl (C=O) groups excluding carboxylic acids is 1. The van der Waals surface area contributed by atoms with Crippen LogP contribution in [0.2, 0.25) is 0 Å². The highest BCUT2D eigenvalue weighted by atomic mass is 127. The summed E-state index contributed by atoms with van der Waals surface area (Å²) in [6.45, 7) is 0. The van der Waals surface area contributed by atoms with Crippen LogP contribution in [0.4, 0.5) is 16.3 Å². The van der Waals surface area contributed by atoms with Crippen molar-refractivity contribution in [1.82, 2.24) is 4.98 Å². The van der Waals surface area contributed by atoms with Gasteiger partial charge in [-0.1, -0.05) is 12.1 Å². The number of carbonyl (C=O) groups is 1. The summed E-state index contributed by atoms with van der Waals surface area (Å²) in [5.41, 5.74) is 0.771. The minimum atomic E-state index is -0.311. The Morgan fingerprint density at radius 3 is 2.61 bits per heavy atom. The highest BCUT2D eigenvalue weighted by molar-refractivity contribution is 14.1. The third-order valence-corrected chi connectivity index (χ3v) is 3.50. The third-order valence-electron chi connectivity index (χ3n) is 2.09. The lowest BCUT2D eigenvalue weighted by molar-refractivity contribution is 0.262. The molecule has 4 nitrogen and oxygen atoms in total. The van der Waals surface area contributed by atoms with Crippen molar-refractivity contribution in [3.63, 3.8) is 0 Å². The molecular weight excluding hydrogens is 409 g/mol. The molecule has 0 aliphatic heterocycles. The van der Waals surface area contributed by atoms with Gasteiger partial charge in [-0.3, -0.25) is 5.32 Å². The molecule has 0 fully saturated rings. The van der Waals surface area contributed by atoms with E-state index in [1.54, 1.807) is 12.3 Å². The Balaban J connectivity index is 2.01. The highest BCUT2D eigenvalue weighted by Crippen LogP contribution is 2.17. The minimum absolute atomic E-state index is 0.311. The van der Waals surface area contributed by atoms with Crippen molar-refractivity contribution in [3.05, 3.63) is 50.6 Å². The van der Waals surface area contributed by atoms with Gasteiger partial charge in [0.05, 0.1) is 5.69 Å². The topological polar surface area (TPSA) is 54.0 Å². The van der Waals surface area contributed by atoms with Crippen LogP contribution in [0, 0.1) is 3.57 Å². The summed E-state index contributed by atoms with van der Waals surface area (Å²) in [7, 11) is 0. The molecule has 0 aliphatic carbocycles. The highest BCUT2D eigenvalue weighted by Gasteiger charge is 2.05. The van der Waals surface area contributed by atoms with Crippen molar-refractivity contribution >= 4 is 56.1 Å². The number of pyridine rings is 1. The molecule has 6 heteroatoms. The Hall–Kier alpha value is -1.15. The van der Waals surface area contributed by atoms with Crippen LogP contribution in [-0.4, -0.2) is 11.0 Å². The summed E-state index contributed by atoms with van der Waals surface area (Å²) in [6, 6.07) is 10.8. The first kappa shape index (κ1) is 13.3. The quantitative estimate of drug-likeness (QED) is 0.723. The van der Waals surface area contributed by atoms with Crippen molar-refractivity contribution in [3.8, 4) is 0 Å². The average molecular weight is 418 g/mol. The van der Waals surface area contributed by atoms with E-state index in [-0.39, 0.29) is 6.03 Å². The molecule has 2 rings (SSSR count). The monoisotopic (exact) mass is 417 g/mol. The van der Waals surface area contributed by atoms with Crippen LogP contribution in [0.15, 0.2) is 47.1 Å². The van der Waals surface area contributed by atoms with Gasteiger partial charge in [-0.15, -0.1) is 0 Å². The van der Waals surface area contributed by atoms with E-state index >= 15 is 0 Å². The average Bonchev–Trinajstić information content (AvgIpc) is 2.35. The van der Waals surface area contributed by atoms with Gasteiger partial charge in [0.1, 0.15) is 5.82 Å². The van der Waals surface area contributed by atoms with Gasteiger partial charge in [0.2, 0.25) is 0 Å². The van der Waals surface area contributed by atoms with Crippen LogP contribution in [-0.2, 0) is 0 Å². The lowest BCUT2D eigenvalue weighted by Gasteiger charge is -2.08.